The molecule has 0 aromatic carbocycles. The van der Waals surface area contributed by atoms with Crippen LogP contribution in [-0.4, -0.2) is 18.9 Å². The van der Waals surface area contributed by atoms with E-state index in [-0.39, 0.29) is 5.41 Å². The lowest BCUT2D eigenvalue weighted by atomic mass is 9.92. The molecule has 0 amide bonds. The highest BCUT2D eigenvalue weighted by Crippen LogP contribution is 2.27. The van der Waals surface area contributed by atoms with E-state index in [1.54, 1.807) is 11.1 Å². The minimum absolute atomic E-state index is 0.161. The van der Waals surface area contributed by atoms with E-state index < -0.39 is 0 Å². The number of nitrogens with zero attached hydrogens (tertiary/aromatic N) is 1. The summed E-state index contributed by atoms with van der Waals surface area (Å²) < 4.78 is 0. The molecule has 0 spiro atoms. The van der Waals surface area contributed by atoms with Crippen molar-refractivity contribution in [2.24, 2.45) is 10.4 Å². The van der Waals surface area contributed by atoms with Crippen LogP contribution in [0.2, 0.25) is 0 Å². The first-order chi connectivity index (χ1) is 7.07. The largest absolute Gasteiger partial charge is 0.370 e. The maximum absolute atomic E-state index is 4.73. The molecule has 0 aromatic rings. The maximum Gasteiger partial charge on any atom is 0.102 e. The predicted octanol–water partition coefficient (Wildman–Crippen LogP) is 2.90. The third-order valence-electron chi connectivity index (χ3n) is 3.31. The van der Waals surface area contributed by atoms with Crippen LogP contribution in [0.25, 0.3) is 0 Å². The van der Waals surface area contributed by atoms with E-state index in [4.69, 9.17) is 4.99 Å². The van der Waals surface area contributed by atoms with Crippen molar-refractivity contribution in [3.8, 4) is 0 Å². The zero-order valence-electron chi connectivity index (χ0n) is 10.2. The van der Waals surface area contributed by atoms with Gasteiger partial charge in [0.25, 0.3) is 0 Å². The van der Waals surface area contributed by atoms with E-state index in [1.165, 1.54) is 31.5 Å². The Balaban J connectivity index is 2.12. The zero-order valence-corrected chi connectivity index (χ0v) is 10.2. The molecular formula is C13H22N2. The molecule has 0 bridgehead atoms. The van der Waals surface area contributed by atoms with Crippen molar-refractivity contribution in [2.75, 3.05) is 13.1 Å². The number of hydrogen-bond acceptors (Lipinski definition) is 2. The normalized spacial score (nSPS) is 22.7. The van der Waals surface area contributed by atoms with Crippen LogP contribution in [0, 0.1) is 5.41 Å². The fraction of sp³-hybridized carbons (Fsp3) is 0.769. The van der Waals surface area contributed by atoms with Gasteiger partial charge in [0.15, 0.2) is 0 Å². The summed E-state index contributed by atoms with van der Waals surface area (Å²) in [6, 6.07) is 0. The molecule has 0 aromatic heterocycles. The molecule has 15 heavy (non-hydrogen) atoms. The second-order valence-electron chi connectivity index (χ2n) is 5.68. The standard InChI is InChI=1S/C13H22N2/c1-13(2,3)12-14-8-10-6-4-5-7-11(10)9-15-12/h4-9H2,1-3H3,(H,14,15). The van der Waals surface area contributed by atoms with Gasteiger partial charge in [0.05, 0.1) is 6.54 Å². The van der Waals surface area contributed by atoms with Gasteiger partial charge in [0.2, 0.25) is 0 Å². The van der Waals surface area contributed by atoms with Crippen molar-refractivity contribution in [1.82, 2.24) is 5.32 Å². The average Bonchev–Trinajstić information content (AvgIpc) is 2.38. The van der Waals surface area contributed by atoms with Crippen LogP contribution in [0.4, 0.5) is 0 Å². The summed E-state index contributed by atoms with van der Waals surface area (Å²) in [5, 5.41) is 3.51. The lowest BCUT2D eigenvalue weighted by molar-refractivity contribution is 0.565. The van der Waals surface area contributed by atoms with Gasteiger partial charge in [-0.2, -0.15) is 0 Å². The maximum atomic E-state index is 4.73. The van der Waals surface area contributed by atoms with Crippen LogP contribution in [0.5, 0.6) is 0 Å². The Labute approximate surface area is 92.9 Å². The lowest BCUT2D eigenvalue weighted by Gasteiger charge is -2.22. The highest BCUT2D eigenvalue weighted by atomic mass is 15.0. The van der Waals surface area contributed by atoms with Crippen molar-refractivity contribution in [1.29, 1.82) is 0 Å². The molecule has 1 aliphatic heterocycles. The Kier molecular flexibility index (Phi) is 2.85. The van der Waals surface area contributed by atoms with Gasteiger partial charge in [-0.15, -0.1) is 0 Å². The predicted molar refractivity (Wildman–Crippen MR) is 65.3 cm³/mol. The van der Waals surface area contributed by atoms with E-state index in [0.717, 1.165) is 13.1 Å². The average molecular weight is 206 g/mol. The number of amidine groups is 1. The van der Waals surface area contributed by atoms with Gasteiger partial charge >= 0.3 is 0 Å². The molecule has 0 fully saturated rings. The second kappa shape index (κ2) is 3.99. The molecule has 0 saturated heterocycles. The number of nitrogens with one attached hydrogen (secondary N) is 1. The third-order valence-corrected chi connectivity index (χ3v) is 3.31. The summed E-state index contributed by atoms with van der Waals surface area (Å²) in [6.45, 7) is 8.65. The summed E-state index contributed by atoms with van der Waals surface area (Å²) >= 11 is 0. The Hall–Kier alpha value is -0.790. The van der Waals surface area contributed by atoms with Crippen LogP contribution < -0.4 is 5.32 Å². The van der Waals surface area contributed by atoms with E-state index in [0.29, 0.717) is 0 Å². The summed E-state index contributed by atoms with van der Waals surface area (Å²) in [6.07, 6.45) is 5.29. The smallest absolute Gasteiger partial charge is 0.102 e. The van der Waals surface area contributed by atoms with E-state index in [2.05, 4.69) is 26.1 Å². The van der Waals surface area contributed by atoms with Crippen LogP contribution in [0.3, 0.4) is 0 Å². The van der Waals surface area contributed by atoms with Gasteiger partial charge in [-0.1, -0.05) is 26.3 Å². The molecule has 2 aliphatic rings. The van der Waals surface area contributed by atoms with E-state index >= 15 is 0 Å². The van der Waals surface area contributed by atoms with Crippen molar-refractivity contribution < 1.29 is 0 Å². The highest BCUT2D eigenvalue weighted by Gasteiger charge is 2.22. The van der Waals surface area contributed by atoms with Gasteiger partial charge in [0.1, 0.15) is 5.84 Å². The minimum Gasteiger partial charge on any atom is -0.370 e. The number of hydrogen-bond donors (Lipinski definition) is 1. The SMILES string of the molecule is CC(C)(C)C1=NCC2=C(CCCC2)CN1. The topological polar surface area (TPSA) is 24.4 Å². The van der Waals surface area contributed by atoms with Crippen molar-refractivity contribution in [2.45, 2.75) is 46.5 Å². The fourth-order valence-electron chi connectivity index (χ4n) is 2.36. The number of rotatable bonds is 0. The summed E-state index contributed by atoms with van der Waals surface area (Å²) in [7, 11) is 0. The Bertz CT molecular complexity index is 305. The van der Waals surface area contributed by atoms with Gasteiger partial charge in [-0.3, -0.25) is 4.99 Å². The molecule has 0 atom stereocenters. The van der Waals surface area contributed by atoms with E-state index in [1.807, 2.05) is 0 Å². The van der Waals surface area contributed by atoms with Gasteiger partial charge in [-0.05, 0) is 31.3 Å². The molecule has 1 N–H and O–H groups in total. The van der Waals surface area contributed by atoms with Crippen LogP contribution >= 0.6 is 0 Å². The minimum atomic E-state index is 0.161. The van der Waals surface area contributed by atoms with E-state index in [9.17, 15) is 0 Å². The van der Waals surface area contributed by atoms with Crippen LogP contribution in [-0.2, 0) is 0 Å². The Morgan fingerprint density at radius 1 is 1.07 bits per heavy atom. The fourth-order valence-corrected chi connectivity index (χ4v) is 2.36. The first-order valence-electron chi connectivity index (χ1n) is 6.06. The molecule has 2 rings (SSSR count). The molecule has 0 saturated carbocycles. The van der Waals surface area contributed by atoms with Gasteiger partial charge in [0, 0.05) is 12.0 Å². The van der Waals surface area contributed by atoms with Crippen molar-refractivity contribution in [3.63, 3.8) is 0 Å². The second-order valence-corrected chi connectivity index (χ2v) is 5.68. The van der Waals surface area contributed by atoms with Crippen molar-refractivity contribution in [3.05, 3.63) is 11.1 Å². The molecule has 84 valence electrons. The highest BCUT2D eigenvalue weighted by molar-refractivity contribution is 5.87. The third kappa shape index (κ3) is 2.42. The summed E-state index contributed by atoms with van der Waals surface area (Å²) in [5.41, 5.74) is 3.39. The van der Waals surface area contributed by atoms with Crippen LogP contribution in [0.1, 0.15) is 46.5 Å². The lowest BCUT2D eigenvalue weighted by Crippen LogP contribution is -2.35. The number of aliphatic imine (C=N–C) groups is 1. The van der Waals surface area contributed by atoms with Gasteiger partial charge in [-0.25, -0.2) is 0 Å². The molecular weight excluding hydrogens is 184 g/mol. The first kappa shape index (κ1) is 10.7. The zero-order chi connectivity index (χ0) is 10.9. The molecule has 0 unspecified atom stereocenters. The molecule has 1 heterocycles. The molecule has 2 nitrogen and oxygen atoms in total. The molecule has 2 heteroatoms. The van der Waals surface area contributed by atoms with Crippen LogP contribution in [0.15, 0.2) is 16.1 Å². The summed E-state index contributed by atoms with van der Waals surface area (Å²) in [5.74, 6) is 1.18. The van der Waals surface area contributed by atoms with Crippen molar-refractivity contribution >= 4 is 5.84 Å². The Morgan fingerprint density at radius 3 is 2.40 bits per heavy atom. The molecule has 1 aliphatic carbocycles. The Morgan fingerprint density at radius 2 is 1.73 bits per heavy atom. The quantitative estimate of drug-likeness (QED) is 0.605. The van der Waals surface area contributed by atoms with Gasteiger partial charge < -0.3 is 5.32 Å². The summed E-state index contributed by atoms with van der Waals surface area (Å²) in [4.78, 5) is 4.73. The monoisotopic (exact) mass is 206 g/mol. The first-order valence-corrected chi connectivity index (χ1v) is 6.06. The molecule has 0 radical (unpaired) electrons.